The molecule has 3 atom stereocenters. The number of anilines is 1. The second-order valence-electron chi connectivity index (χ2n) is 5.35. The van der Waals surface area contributed by atoms with Crippen molar-refractivity contribution in [2.45, 2.75) is 18.9 Å². The minimum Gasteiger partial charge on any atom is -0.370 e. The van der Waals surface area contributed by atoms with Gasteiger partial charge in [0.2, 0.25) is 0 Å². The van der Waals surface area contributed by atoms with E-state index in [1.807, 2.05) is 18.2 Å². The fourth-order valence-corrected chi connectivity index (χ4v) is 3.97. The molecule has 1 aromatic carbocycles. The van der Waals surface area contributed by atoms with Crippen molar-refractivity contribution in [1.82, 2.24) is 0 Å². The first kappa shape index (κ1) is 12.0. The van der Waals surface area contributed by atoms with Crippen LogP contribution in [0.15, 0.2) is 22.7 Å². The van der Waals surface area contributed by atoms with Crippen LogP contribution < -0.4 is 10.6 Å². The monoisotopic (exact) mass is 305 g/mol. The minimum atomic E-state index is 0.372. The summed E-state index contributed by atoms with van der Waals surface area (Å²) in [6.07, 6.45) is 2.44. The molecule has 0 aromatic heterocycles. The fraction of sp³-hybridized carbons (Fsp3) is 0.500. The van der Waals surface area contributed by atoms with E-state index in [9.17, 15) is 0 Å². The number of benzene rings is 1. The molecule has 3 unspecified atom stereocenters. The van der Waals surface area contributed by atoms with Gasteiger partial charge in [-0.15, -0.1) is 0 Å². The Labute approximate surface area is 116 Å². The highest BCUT2D eigenvalue weighted by Crippen LogP contribution is 2.40. The highest BCUT2D eigenvalue weighted by atomic mass is 79.9. The van der Waals surface area contributed by atoms with Crippen molar-refractivity contribution in [1.29, 1.82) is 5.26 Å². The lowest BCUT2D eigenvalue weighted by molar-refractivity contribution is 0.453. The van der Waals surface area contributed by atoms with Crippen molar-refractivity contribution >= 4 is 21.6 Å². The van der Waals surface area contributed by atoms with Gasteiger partial charge in [0.1, 0.15) is 0 Å². The Bertz CT molecular complexity index is 508. The molecule has 0 radical (unpaired) electrons. The predicted octanol–water partition coefficient (Wildman–Crippen LogP) is 2.49. The van der Waals surface area contributed by atoms with Crippen molar-refractivity contribution in [3.05, 3.63) is 28.2 Å². The Morgan fingerprint density at radius 2 is 2.17 bits per heavy atom. The van der Waals surface area contributed by atoms with E-state index in [1.165, 1.54) is 18.5 Å². The molecule has 2 aliphatic rings. The second kappa shape index (κ2) is 4.56. The van der Waals surface area contributed by atoms with Crippen molar-refractivity contribution in [3.63, 3.8) is 0 Å². The van der Waals surface area contributed by atoms with Crippen molar-refractivity contribution < 1.29 is 0 Å². The first-order valence-electron chi connectivity index (χ1n) is 6.39. The van der Waals surface area contributed by atoms with Crippen LogP contribution in [0.5, 0.6) is 0 Å². The number of rotatable bonds is 1. The van der Waals surface area contributed by atoms with E-state index < -0.39 is 0 Å². The van der Waals surface area contributed by atoms with E-state index in [4.69, 9.17) is 11.0 Å². The highest BCUT2D eigenvalue weighted by Gasteiger charge is 2.41. The topological polar surface area (TPSA) is 53.0 Å². The SMILES string of the molecule is N#Cc1ccc(N2CC3CCC(N)C3C2)c(Br)c1. The van der Waals surface area contributed by atoms with Gasteiger partial charge in [0.25, 0.3) is 0 Å². The van der Waals surface area contributed by atoms with E-state index in [2.05, 4.69) is 26.9 Å². The van der Waals surface area contributed by atoms with Gasteiger partial charge in [-0.3, -0.25) is 0 Å². The zero-order chi connectivity index (χ0) is 12.7. The minimum absolute atomic E-state index is 0.372. The summed E-state index contributed by atoms with van der Waals surface area (Å²) in [5.41, 5.74) is 8.05. The molecule has 4 heteroatoms. The summed E-state index contributed by atoms with van der Waals surface area (Å²) < 4.78 is 1.01. The Kier molecular flexibility index (Phi) is 3.04. The third kappa shape index (κ3) is 1.92. The van der Waals surface area contributed by atoms with Crippen LogP contribution in [-0.2, 0) is 0 Å². The molecular weight excluding hydrogens is 290 g/mol. The average molecular weight is 306 g/mol. The lowest BCUT2D eigenvalue weighted by Gasteiger charge is -2.22. The standard InChI is InChI=1S/C14H16BrN3/c15-12-5-9(6-16)1-4-14(12)18-7-10-2-3-13(17)11(10)8-18/h1,4-5,10-11,13H,2-3,7-8,17H2. The summed E-state index contributed by atoms with van der Waals surface area (Å²) in [6, 6.07) is 8.35. The van der Waals surface area contributed by atoms with Crippen molar-refractivity contribution in [3.8, 4) is 6.07 Å². The molecule has 1 aliphatic heterocycles. The summed E-state index contributed by atoms with van der Waals surface area (Å²) in [4.78, 5) is 2.40. The molecule has 18 heavy (non-hydrogen) atoms. The molecule has 2 fully saturated rings. The molecule has 2 N–H and O–H groups in total. The number of hydrogen-bond acceptors (Lipinski definition) is 3. The van der Waals surface area contributed by atoms with Gasteiger partial charge < -0.3 is 10.6 Å². The smallest absolute Gasteiger partial charge is 0.0992 e. The number of fused-ring (bicyclic) bond motifs is 1. The van der Waals surface area contributed by atoms with Gasteiger partial charge in [-0.2, -0.15) is 5.26 Å². The molecule has 0 bridgehead atoms. The third-order valence-electron chi connectivity index (χ3n) is 4.33. The van der Waals surface area contributed by atoms with Crippen molar-refractivity contribution in [2.75, 3.05) is 18.0 Å². The summed E-state index contributed by atoms with van der Waals surface area (Å²) in [5.74, 6) is 1.40. The molecule has 1 saturated carbocycles. The molecular formula is C14H16BrN3. The van der Waals surface area contributed by atoms with Gasteiger partial charge in [-0.25, -0.2) is 0 Å². The van der Waals surface area contributed by atoms with Crippen LogP contribution in [0.25, 0.3) is 0 Å². The Morgan fingerprint density at radius 3 is 2.83 bits per heavy atom. The van der Waals surface area contributed by atoms with Crippen LogP contribution in [0, 0.1) is 23.2 Å². The van der Waals surface area contributed by atoms with Gasteiger partial charge in [0, 0.05) is 23.6 Å². The Hall–Kier alpha value is -1.05. The quantitative estimate of drug-likeness (QED) is 0.867. The van der Waals surface area contributed by atoms with Gasteiger partial charge >= 0.3 is 0 Å². The summed E-state index contributed by atoms with van der Waals surface area (Å²) in [7, 11) is 0. The number of nitrogens with two attached hydrogens (primary N) is 1. The normalized spacial score (nSPS) is 30.3. The maximum Gasteiger partial charge on any atom is 0.0992 e. The Morgan fingerprint density at radius 1 is 1.33 bits per heavy atom. The highest BCUT2D eigenvalue weighted by molar-refractivity contribution is 9.10. The molecule has 1 heterocycles. The van der Waals surface area contributed by atoms with Crippen LogP contribution in [0.4, 0.5) is 5.69 Å². The second-order valence-corrected chi connectivity index (χ2v) is 6.20. The maximum atomic E-state index is 8.88. The Balaban J connectivity index is 1.83. The first-order chi connectivity index (χ1) is 8.69. The zero-order valence-corrected chi connectivity index (χ0v) is 11.7. The van der Waals surface area contributed by atoms with Gasteiger partial charge in [0.15, 0.2) is 0 Å². The molecule has 0 amide bonds. The zero-order valence-electron chi connectivity index (χ0n) is 10.1. The van der Waals surface area contributed by atoms with Crippen molar-refractivity contribution in [2.24, 2.45) is 17.6 Å². The molecule has 1 aliphatic carbocycles. The molecule has 3 nitrogen and oxygen atoms in total. The lowest BCUT2D eigenvalue weighted by Crippen LogP contribution is -2.30. The molecule has 94 valence electrons. The van der Waals surface area contributed by atoms with Gasteiger partial charge in [-0.1, -0.05) is 0 Å². The number of hydrogen-bond donors (Lipinski definition) is 1. The number of nitrogens with zero attached hydrogens (tertiary/aromatic N) is 2. The molecule has 3 rings (SSSR count). The summed E-state index contributed by atoms with van der Waals surface area (Å²) >= 11 is 3.57. The van der Waals surface area contributed by atoms with E-state index in [-0.39, 0.29) is 0 Å². The van der Waals surface area contributed by atoms with Crippen LogP contribution in [0.3, 0.4) is 0 Å². The van der Waals surface area contributed by atoms with E-state index >= 15 is 0 Å². The largest absolute Gasteiger partial charge is 0.370 e. The maximum absolute atomic E-state index is 8.88. The number of halogens is 1. The van der Waals surface area contributed by atoms with Gasteiger partial charge in [0.05, 0.1) is 17.3 Å². The van der Waals surface area contributed by atoms with Crippen LogP contribution in [-0.4, -0.2) is 19.1 Å². The molecule has 1 saturated heterocycles. The number of nitriles is 1. The van der Waals surface area contributed by atoms with Gasteiger partial charge in [-0.05, 0) is 58.8 Å². The predicted molar refractivity (Wildman–Crippen MR) is 75.3 cm³/mol. The third-order valence-corrected chi connectivity index (χ3v) is 4.96. The average Bonchev–Trinajstić information content (AvgIpc) is 2.92. The molecule has 1 aromatic rings. The summed E-state index contributed by atoms with van der Waals surface area (Å²) in [6.45, 7) is 2.15. The van der Waals surface area contributed by atoms with E-state index in [0.29, 0.717) is 17.5 Å². The van der Waals surface area contributed by atoms with E-state index in [1.54, 1.807) is 0 Å². The van der Waals surface area contributed by atoms with E-state index in [0.717, 1.165) is 23.5 Å². The first-order valence-corrected chi connectivity index (χ1v) is 7.18. The fourth-order valence-electron chi connectivity index (χ4n) is 3.34. The molecule has 0 spiro atoms. The van der Waals surface area contributed by atoms with Crippen LogP contribution in [0.1, 0.15) is 18.4 Å². The lowest BCUT2D eigenvalue weighted by atomic mass is 9.98. The van der Waals surface area contributed by atoms with Crippen LogP contribution >= 0.6 is 15.9 Å². The summed E-state index contributed by atoms with van der Waals surface area (Å²) in [5, 5.41) is 8.88. The van der Waals surface area contributed by atoms with Crippen LogP contribution in [0.2, 0.25) is 0 Å².